The molecule has 24 heavy (non-hydrogen) atoms. The van der Waals surface area contributed by atoms with Gasteiger partial charge in [-0.1, -0.05) is 18.2 Å². The smallest absolute Gasteiger partial charge is 0.272 e. The fourth-order valence-corrected chi connectivity index (χ4v) is 3.72. The Morgan fingerprint density at radius 2 is 1.92 bits per heavy atom. The van der Waals surface area contributed by atoms with E-state index in [1.165, 1.54) is 24.8 Å². The van der Waals surface area contributed by atoms with Gasteiger partial charge in [-0.15, -0.1) is 0 Å². The van der Waals surface area contributed by atoms with Gasteiger partial charge >= 0.3 is 0 Å². The molecule has 0 N–H and O–H groups in total. The van der Waals surface area contributed by atoms with E-state index in [1.807, 2.05) is 25.1 Å². The molecule has 0 unspecified atom stereocenters. The highest BCUT2D eigenvalue weighted by Gasteiger charge is 2.28. The first kappa shape index (κ1) is 15.4. The summed E-state index contributed by atoms with van der Waals surface area (Å²) in [6, 6.07) is 8.40. The highest BCUT2D eigenvalue weighted by atomic mass is 16.2. The number of benzene rings is 1. The van der Waals surface area contributed by atoms with Crippen molar-refractivity contribution in [2.24, 2.45) is 0 Å². The number of fused-ring (bicyclic) bond motifs is 1. The highest BCUT2D eigenvalue weighted by molar-refractivity contribution is 6.01. The molecule has 1 aliphatic carbocycles. The molecule has 1 aromatic carbocycles. The first-order chi connectivity index (χ1) is 11.6. The molecule has 2 fully saturated rings. The van der Waals surface area contributed by atoms with Crippen molar-refractivity contribution < 1.29 is 4.79 Å². The van der Waals surface area contributed by atoms with Crippen LogP contribution in [0.2, 0.25) is 0 Å². The SMILES string of the molecule is CN(C)c1cc(C(=O)N2CCCCC2)nc2c(C3CC3)cccc12. The lowest BCUT2D eigenvalue weighted by Crippen LogP contribution is -2.36. The summed E-state index contributed by atoms with van der Waals surface area (Å²) in [5.74, 6) is 0.710. The van der Waals surface area contributed by atoms with E-state index in [9.17, 15) is 4.79 Å². The maximum absolute atomic E-state index is 13.0. The summed E-state index contributed by atoms with van der Waals surface area (Å²) >= 11 is 0. The molecule has 0 spiro atoms. The van der Waals surface area contributed by atoms with E-state index in [0.29, 0.717) is 11.6 Å². The van der Waals surface area contributed by atoms with Crippen molar-refractivity contribution in [3.8, 4) is 0 Å². The number of hydrogen-bond acceptors (Lipinski definition) is 3. The number of piperidine rings is 1. The zero-order valence-corrected chi connectivity index (χ0v) is 14.6. The van der Waals surface area contributed by atoms with Gasteiger partial charge in [-0.25, -0.2) is 4.98 Å². The second-order valence-corrected chi connectivity index (χ2v) is 7.29. The van der Waals surface area contributed by atoms with Gasteiger partial charge in [0.1, 0.15) is 5.69 Å². The van der Waals surface area contributed by atoms with Crippen LogP contribution in [0, 0.1) is 0 Å². The predicted molar refractivity (Wildman–Crippen MR) is 97.8 cm³/mol. The molecule has 1 amide bonds. The second kappa shape index (κ2) is 6.08. The molecule has 1 saturated heterocycles. The molecule has 2 aliphatic rings. The zero-order chi connectivity index (χ0) is 16.7. The van der Waals surface area contributed by atoms with Crippen LogP contribution in [0.15, 0.2) is 24.3 Å². The molecule has 0 radical (unpaired) electrons. The number of anilines is 1. The quantitative estimate of drug-likeness (QED) is 0.862. The van der Waals surface area contributed by atoms with Crippen LogP contribution in [0.1, 0.15) is 54.1 Å². The van der Waals surface area contributed by atoms with Gasteiger partial charge in [-0.3, -0.25) is 4.79 Å². The first-order valence-electron chi connectivity index (χ1n) is 9.05. The van der Waals surface area contributed by atoms with Gasteiger partial charge in [-0.2, -0.15) is 0 Å². The topological polar surface area (TPSA) is 36.4 Å². The zero-order valence-electron chi connectivity index (χ0n) is 14.6. The van der Waals surface area contributed by atoms with E-state index < -0.39 is 0 Å². The van der Waals surface area contributed by atoms with E-state index in [4.69, 9.17) is 4.98 Å². The number of aromatic nitrogens is 1. The van der Waals surface area contributed by atoms with Gasteiger partial charge in [0.05, 0.1) is 5.52 Å². The van der Waals surface area contributed by atoms with Crippen molar-refractivity contribution in [3.05, 3.63) is 35.5 Å². The number of rotatable bonds is 3. The van der Waals surface area contributed by atoms with E-state index >= 15 is 0 Å². The van der Waals surface area contributed by atoms with E-state index in [0.717, 1.165) is 42.5 Å². The Morgan fingerprint density at radius 3 is 2.58 bits per heavy atom. The lowest BCUT2D eigenvalue weighted by Gasteiger charge is -2.27. The molecular formula is C20H25N3O. The largest absolute Gasteiger partial charge is 0.377 e. The van der Waals surface area contributed by atoms with Gasteiger partial charge in [-0.05, 0) is 49.7 Å². The average molecular weight is 323 g/mol. The molecular weight excluding hydrogens is 298 g/mol. The van der Waals surface area contributed by atoms with Crippen LogP contribution in [0.4, 0.5) is 5.69 Å². The van der Waals surface area contributed by atoms with Crippen molar-refractivity contribution >= 4 is 22.5 Å². The standard InChI is InChI=1S/C20H25N3O/c1-22(2)18-13-17(20(24)23-11-4-3-5-12-23)21-19-15(14-9-10-14)7-6-8-16(18)19/h6-8,13-14H,3-5,9-12H2,1-2H3. The lowest BCUT2D eigenvalue weighted by molar-refractivity contribution is 0.0719. The third-order valence-corrected chi connectivity index (χ3v) is 5.21. The van der Waals surface area contributed by atoms with Crippen molar-refractivity contribution in [1.29, 1.82) is 0 Å². The minimum atomic E-state index is 0.0882. The van der Waals surface area contributed by atoms with Crippen LogP contribution in [0.5, 0.6) is 0 Å². The normalized spacial score (nSPS) is 18.0. The summed E-state index contributed by atoms with van der Waals surface area (Å²) < 4.78 is 0. The second-order valence-electron chi connectivity index (χ2n) is 7.29. The number of hydrogen-bond donors (Lipinski definition) is 0. The van der Waals surface area contributed by atoms with Gasteiger partial charge in [0.15, 0.2) is 0 Å². The van der Waals surface area contributed by atoms with Crippen LogP contribution in [-0.4, -0.2) is 43.0 Å². The van der Waals surface area contributed by atoms with Crippen LogP contribution in [0.25, 0.3) is 10.9 Å². The fraction of sp³-hybridized carbons (Fsp3) is 0.500. The van der Waals surface area contributed by atoms with Crippen LogP contribution in [-0.2, 0) is 0 Å². The molecule has 1 saturated carbocycles. The lowest BCUT2D eigenvalue weighted by atomic mass is 10.0. The molecule has 4 nitrogen and oxygen atoms in total. The summed E-state index contributed by atoms with van der Waals surface area (Å²) in [7, 11) is 4.07. The number of para-hydroxylation sites is 1. The molecule has 2 aromatic rings. The van der Waals surface area contributed by atoms with Crippen molar-refractivity contribution in [2.45, 2.75) is 38.0 Å². The Morgan fingerprint density at radius 1 is 1.17 bits per heavy atom. The third kappa shape index (κ3) is 2.74. The number of carbonyl (C=O) groups is 1. The molecule has 1 aromatic heterocycles. The predicted octanol–water partition coefficient (Wildman–Crippen LogP) is 3.80. The Bertz CT molecular complexity index is 774. The summed E-state index contributed by atoms with van der Waals surface area (Å²) in [4.78, 5) is 21.9. The van der Waals surface area contributed by atoms with Gasteiger partial charge < -0.3 is 9.80 Å². The summed E-state index contributed by atoms with van der Waals surface area (Å²) in [5, 5.41) is 1.15. The summed E-state index contributed by atoms with van der Waals surface area (Å²) in [6.07, 6.45) is 5.91. The molecule has 0 atom stereocenters. The molecule has 2 heterocycles. The van der Waals surface area contributed by atoms with Crippen LogP contribution in [0.3, 0.4) is 0 Å². The number of nitrogens with zero attached hydrogens (tertiary/aromatic N) is 3. The summed E-state index contributed by atoms with van der Waals surface area (Å²) in [5.41, 5.74) is 4.01. The van der Waals surface area contributed by atoms with Gasteiger partial charge in [0.2, 0.25) is 0 Å². The number of pyridine rings is 1. The van der Waals surface area contributed by atoms with Crippen LogP contribution < -0.4 is 4.90 Å². The van der Waals surface area contributed by atoms with Crippen molar-refractivity contribution in [2.75, 3.05) is 32.1 Å². The summed E-state index contributed by atoms with van der Waals surface area (Å²) in [6.45, 7) is 1.72. The fourth-order valence-electron chi connectivity index (χ4n) is 3.72. The maximum Gasteiger partial charge on any atom is 0.272 e. The van der Waals surface area contributed by atoms with Crippen molar-refractivity contribution in [1.82, 2.24) is 9.88 Å². The number of amides is 1. The van der Waals surface area contributed by atoms with E-state index in [1.54, 1.807) is 0 Å². The van der Waals surface area contributed by atoms with Crippen molar-refractivity contribution in [3.63, 3.8) is 0 Å². The van der Waals surface area contributed by atoms with E-state index in [2.05, 4.69) is 23.1 Å². The minimum Gasteiger partial charge on any atom is -0.377 e. The third-order valence-electron chi connectivity index (χ3n) is 5.21. The Balaban J connectivity index is 1.83. The van der Waals surface area contributed by atoms with Crippen LogP contribution >= 0.6 is 0 Å². The van der Waals surface area contributed by atoms with Gasteiger partial charge in [0.25, 0.3) is 5.91 Å². The van der Waals surface area contributed by atoms with E-state index in [-0.39, 0.29) is 5.91 Å². The Hall–Kier alpha value is -2.10. The molecule has 4 heteroatoms. The molecule has 126 valence electrons. The molecule has 4 rings (SSSR count). The Labute approximate surface area is 143 Å². The highest BCUT2D eigenvalue weighted by Crippen LogP contribution is 2.43. The minimum absolute atomic E-state index is 0.0882. The molecule has 1 aliphatic heterocycles. The average Bonchev–Trinajstić information content (AvgIpc) is 3.45. The molecule has 0 bridgehead atoms. The maximum atomic E-state index is 13.0. The first-order valence-corrected chi connectivity index (χ1v) is 9.05. The Kier molecular flexibility index (Phi) is 3.91. The van der Waals surface area contributed by atoms with Gasteiger partial charge in [0, 0.05) is 38.3 Å². The number of likely N-dealkylation sites (tertiary alicyclic amines) is 1. The number of carbonyl (C=O) groups excluding carboxylic acids is 1. The monoisotopic (exact) mass is 323 g/mol.